The van der Waals surface area contributed by atoms with E-state index in [9.17, 15) is 0 Å². The molecule has 1 unspecified atom stereocenters. The predicted molar refractivity (Wildman–Crippen MR) is 72.5 cm³/mol. The molecule has 1 aromatic carbocycles. The van der Waals surface area contributed by atoms with Gasteiger partial charge in [0.15, 0.2) is 5.82 Å². The SMILES string of the molecule is CCc1ccc(-c2nc(C(C)(N)COC)no2)cc1. The van der Waals surface area contributed by atoms with Crippen LogP contribution in [0.5, 0.6) is 0 Å². The number of aryl methyl sites for hydroxylation is 1. The van der Waals surface area contributed by atoms with Crippen molar-refractivity contribution in [2.75, 3.05) is 13.7 Å². The Labute approximate surface area is 112 Å². The topological polar surface area (TPSA) is 74.2 Å². The molecule has 0 radical (unpaired) electrons. The second-order valence-corrected chi connectivity index (χ2v) is 4.82. The molecule has 1 heterocycles. The number of nitrogens with two attached hydrogens (primary N) is 1. The summed E-state index contributed by atoms with van der Waals surface area (Å²) in [7, 11) is 1.59. The van der Waals surface area contributed by atoms with Gasteiger partial charge in [-0.05, 0) is 31.0 Å². The van der Waals surface area contributed by atoms with Gasteiger partial charge in [0.2, 0.25) is 0 Å². The van der Waals surface area contributed by atoms with Gasteiger partial charge in [-0.1, -0.05) is 24.2 Å². The van der Waals surface area contributed by atoms with Crippen molar-refractivity contribution in [2.45, 2.75) is 25.8 Å². The number of benzene rings is 1. The summed E-state index contributed by atoms with van der Waals surface area (Å²) >= 11 is 0. The van der Waals surface area contributed by atoms with E-state index in [4.69, 9.17) is 15.0 Å². The average Bonchev–Trinajstić information content (AvgIpc) is 2.89. The zero-order valence-electron chi connectivity index (χ0n) is 11.5. The van der Waals surface area contributed by atoms with E-state index in [-0.39, 0.29) is 0 Å². The fraction of sp³-hybridized carbons (Fsp3) is 0.429. The Morgan fingerprint density at radius 2 is 2.00 bits per heavy atom. The molecule has 102 valence electrons. The third kappa shape index (κ3) is 3.00. The molecule has 0 aliphatic rings. The van der Waals surface area contributed by atoms with Gasteiger partial charge in [0, 0.05) is 12.7 Å². The van der Waals surface area contributed by atoms with Crippen LogP contribution in [0.1, 0.15) is 25.2 Å². The van der Waals surface area contributed by atoms with Crippen LogP contribution in [-0.4, -0.2) is 23.9 Å². The van der Waals surface area contributed by atoms with E-state index in [0.29, 0.717) is 18.3 Å². The summed E-state index contributed by atoms with van der Waals surface area (Å²) in [5.41, 5.74) is 7.49. The van der Waals surface area contributed by atoms with Crippen molar-refractivity contribution in [3.05, 3.63) is 35.7 Å². The first-order chi connectivity index (χ1) is 9.06. The second-order valence-electron chi connectivity index (χ2n) is 4.82. The molecule has 1 atom stereocenters. The lowest BCUT2D eigenvalue weighted by molar-refractivity contribution is 0.135. The van der Waals surface area contributed by atoms with Crippen LogP contribution in [0, 0.1) is 0 Å². The molecule has 2 rings (SSSR count). The van der Waals surface area contributed by atoms with E-state index in [1.165, 1.54) is 5.56 Å². The van der Waals surface area contributed by atoms with Gasteiger partial charge in [-0.3, -0.25) is 0 Å². The number of rotatable bonds is 5. The van der Waals surface area contributed by atoms with Crippen molar-refractivity contribution >= 4 is 0 Å². The highest BCUT2D eigenvalue weighted by atomic mass is 16.5. The summed E-state index contributed by atoms with van der Waals surface area (Å²) in [5.74, 6) is 0.925. The molecule has 0 amide bonds. The molecule has 2 aromatic rings. The summed E-state index contributed by atoms with van der Waals surface area (Å²) in [6.07, 6.45) is 1.00. The standard InChI is InChI=1S/C14H19N3O2/c1-4-10-5-7-11(8-6-10)12-16-13(17-19-12)14(2,15)9-18-3/h5-8H,4,9,15H2,1-3H3. The summed E-state index contributed by atoms with van der Waals surface area (Å²) in [5, 5.41) is 3.93. The van der Waals surface area contributed by atoms with E-state index in [1.54, 1.807) is 7.11 Å². The quantitative estimate of drug-likeness (QED) is 0.892. The lowest BCUT2D eigenvalue weighted by Crippen LogP contribution is -2.38. The van der Waals surface area contributed by atoms with Crippen LogP contribution in [0.15, 0.2) is 28.8 Å². The molecule has 19 heavy (non-hydrogen) atoms. The van der Waals surface area contributed by atoms with Crippen LogP contribution in [0.3, 0.4) is 0 Å². The largest absolute Gasteiger partial charge is 0.382 e. The van der Waals surface area contributed by atoms with Crippen LogP contribution in [0.4, 0.5) is 0 Å². The van der Waals surface area contributed by atoms with Crippen LogP contribution < -0.4 is 5.73 Å². The smallest absolute Gasteiger partial charge is 0.257 e. The lowest BCUT2D eigenvalue weighted by Gasteiger charge is -2.18. The van der Waals surface area contributed by atoms with Crippen molar-refractivity contribution in [1.29, 1.82) is 0 Å². The molecule has 2 N–H and O–H groups in total. The second kappa shape index (κ2) is 5.50. The third-order valence-electron chi connectivity index (χ3n) is 2.99. The Morgan fingerprint density at radius 1 is 1.32 bits per heavy atom. The molecule has 0 fully saturated rings. The van der Waals surface area contributed by atoms with Gasteiger partial charge < -0.3 is 15.0 Å². The minimum Gasteiger partial charge on any atom is -0.382 e. The van der Waals surface area contributed by atoms with Gasteiger partial charge in [-0.15, -0.1) is 0 Å². The number of aromatic nitrogens is 2. The van der Waals surface area contributed by atoms with Crippen molar-refractivity contribution < 1.29 is 9.26 Å². The highest BCUT2D eigenvalue weighted by Gasteiger charge is 2.27. The maximum absolute atomic E-state index is 6.08. The molecule has 1 aromatic heterocycles. The molecular formula is C14H19N3O2. The summed E-state index contributed by atoms with van der Waals surface area (Å²) in [6.45, 7) is 4.26. The Bertz CT molecular complexity index is 532. The maximum atomic E-state index is 6.08. The highest BCUT2D eigenvalue weighted by molar-refractivity contribution is 5.53. The normalized spacial score (nSPS) is 14.3. The molecular weight excluding hydrogens is 242 g/mol. The third-order valence-corrected chi connectivity index (χ3v) is 2.99. The highest BCUT2D eigenvalue weighted by Crippen LogP contribution is 2.21. The summed E-state index contributed by atoms with van der Waals surface area (Å²) in [6, 6.07) is 8.05. The molecule has 5 nitrogen and oxygen atoms in total. The molecule has 0 bridgehead atoms. The Morgan fingerprint density at radius 3 is 2.58 bits per heavy atom. The molecule has 0 spiro atoms. The zero-order valence-corrected chi connectivity index (χ0v) is 11.5. The minimum absolute atomic E-state index is 0.334. The number of hydrogen-bond donors (Lipinski definition) is 1. The average molecular weight is 261 g/mol. The van der Waals surface area contributed by atoms with E-state index in [0.717, 1.165) is 12.0 Å². The van der Waals surface area contributed by atoms with Gasteiger partial charge in [0.05, 0.1) is 6.61 Å². The first-order valence-corrected chi connectivity index (χ1v) is 6.28. The molecule has 0 aliphatic carbocycles. The zero-order chi connectivity index (χ0) is 13.9. The molecule has 0 saturated carbocycles. The summed E-state index contributed by atoms with van der Waals surface area (Å²) in [4.78, 5) is 4.34. The predicted octanol–water partition coefficient (Wildman–Crippen LogP) is 2.12. The van der Waals surface area contributed by atoms with Gasteiger partial charge in [-0.25, -0.2) is 0 Å². The van der Waals surface area contributed by atoms with Crippen LogP contribution in [-0.2, 0) is 16.7 Å². The van der Waals surface area contributed by atoms with E-state index in [1.807, 2.05) is 19.1 Å². The van der Waals surface area contributed by atoms with Crippen molar-refractivity contribution in [3.63, 3.8) is 0 Å². The maximum Gasteiger partial charge on any atom is 0.257 e. The lowest BCUT2D eigenvalue weighted by atomic mass is 10.1. The Hall–Kier alpha value is -1.72. The Kier molecular flexibility index (Phi) is 3.97. The fourth-order valence-electron chi connectivity index (χ4n) is 1.82. The van der Waals surface area contributed by atoms with Crippen LogP contribution in [0.2, 0.25) is 0 Å². The van der Waals surface area contributed by atoms with Gasteiger partial charge >= 0.3 is 0 Å². The van der Waals surface area contributed by atoms with Gasteiger partial charge in [0.25, 0.3) is 5.89 Å². The van der Waals surface area contributed by atoms with E-state index >= 15 is 0 Å². The number of hydrogen-bond acceptors (Lipinski definition) is 5. The Balaban J connectivity index is 2.25. The monoisotopic (exact) mass is 261 g/mol. The molecule has 0 aliphatic heterocycles. The number of nitrogens with zero attached hydrogens (tertiary/aromatic N) is 2. The van der Waals surface area contributed by atoms with Crippen LogP contribution in [0.25, 0.3) is 11.5 Å². The van der Waals surface area contributed by atoms with Crippen molar-refractivity contribution in [2.24, 2.45) is 5.73 Å². The van der Waals surface area contributed by atoms with E-state index in [2.05, 4.69) is 29.2 Å². The van der Waals surface area contributed by atoms with Crippen LogP contribution >= 0.6 is 0 Å². The summed E-state index contributed by atoms with van der Waals surface area (Å²) < 4.78 is 10.3. The van der Waals surface area contributed by atoms with Crippen molar-refractivity contribution in [1.82, 2.24) is 10.1 Å². The fourth-order valence-corrected chi connectivity index (χ4v) is 1.82. The molecule has 0 saturated heterocycles. The minimum atomic E-state index is -0.750. The van der Waals surface area contributed by atoms with Gasteiger partial charge in [-0.2, -0.15) is 4.98 Å². The number of ether oxygens (including phenoxy) is 1. The molecule has 5 heteroatoms. The first-order valence-electron chi connectivity index (χ1n) is 6.28. The van der Waals surface area contributed by atoms with Crippen molar-refractivity contribution in [3.8, 4) is 11.5 Å². The number of methoxy groups -OCH3 is 1. The first kappa shape index (κ1) is 13.7. The van der Waals surface area contributed by atoms with E-state index < -0.39 is 5.54 Å². The van der Waals surface area contributed by atoms with Gasteiger partial charge in [0.1, 0.15) is 5.54 Å².